The van der Waals surface area contributed by atoms with Gasteiger partial charge in [0, 0.05) is 42.0 Å². The third-order valence-electron chi connectivity index (χ3n) is 5.17. The van der Waals surface area contributed by atoms with Gasteiger partial charge in [0.2, 0.25) is 11.9 Å². The lowest BCUT2D eigenvalue weighted by Gasteiger charge is -2.22. The Morgan fingerprint density at radius 1 is 1.38 bits per heavy atom. The number of nitrogens with two attached hydrogens (primary N) is 1. The Kier molecular flexibility index (Phi) is 5.54. The summed E-state index contributed by atoms with van der Waals surface area (Å²) in [5, 5.41) is 3.21. The van der Waals surface area contributed by atoms with Crippen molar-refractivity contribution in [1.82, 2.24) is 19.1 Å². The Morgan fingerprint density at radius 2 is 2.14 bits per heavy atom. The Labute approximate surface area is 180 Å². The van der Waals surface area contributed by atoms with E-state index < -0.39 is 5.91 Å². The van der Waals surface area contributed by atoms with Gasteiger partial charge in [0.25, 0.3) is 0 Å². The predicted molar refractivity (Wildman–Crippen MR) is 118 cm³/mol. The van der Waals surface area contributed by atoms with Crippen LogP contribution in [0.4, 0.5) is 11.6 Å². The van der Waals surface area contributed by atoms with Crippen LogP contribution in [-0.4, -0.2) is 38.2 Å². The van der Waals surface area contributed by atoms with Crippen molar-refractivity contribution in [3.63, 3.8) is 0 Å². The Hall–Kier alpha value is -2.47. The van der Waals surface area contributed by atoms with E-state index in [1.165, 1.54) is 0 Å². The lowest BCUT2D eigenvalue weighted by Crippen LogP contribution is -2.30. The molecule has 0 aliphatic carbocycles. The summed E-state index contributed by atoms with van der Waals surface area (Å²) in [4.78, 5) is 33.3. The lowest BCUT2D eigenvalue weighted by molar-refractivity contribution is 0.0695. The van der Waals surface area contributed by atoms with Gasteiger partial charge < -0.3 is 15.8 Å². The minimum Gasteiger partial charge on any atom is -0.381 e. The molecule has 3 N–H and O–H groups in total. The maximum absolute atomic E-state index is 12.8. The number of aromatic nitrogens is 4. The maximum Gasteiger partial charge on any atom is 0.330 e. The van der Waals surface area contributed by atoms with Gasteiger partial charge in [0.1, 0.15) is 5.52 Å². The molecule has 1 aliphatic rings. The van der Waals surface area contributed by atoms with Crippen LogP contribution in [0.15, 0.2) is 29.2 Å². The number of benzene rings is 1. The largest absolute Gasteiger partial charge is 0.381 e. The van der Waals surface area contributed by atoms with E-state index >= 15 is 0 Å². The number of nitrogens with one attached hydrogen (secondary N) is 1. The number of nitrogens with zero attached hydrogens (tertiary/aromatic N) is 4. The average molecular weight is 508 g/mol. The normalized spacial score (nSPS) is 15.0. The smallest absolute Gasteiger partial charge is 0.330 e. The van der Waals surface area contributed by atoms with Crippen molar-refractivity contribution in [3.05, 3.63) is 46.0 Å². The zero-order chi connectivity index (χ0) is 20.5. The molecule has 3 aromatic rings. The lowest BCUT2D eigenvalue weighted by atomic mass is 10.1. The number of amides is 1. The fourth-order valence-electron chi connectivity index (χ4n) is 3.57. The summed E-state index contributed by atoms with van der Waals surface area (Å²) >= 11 is 2.22. The van der Waals surface area contributed by atoms with E-state index in [2.05, 4.69) is 37.9 Å². The molecule has 1 amide bonds. The van der Waals surface area contributed by atoms with Gasteiger partial charge in [-0.3, -0.25) is 13.9 Å². The van der Waals surface area contributed by atoms with E-state index in [-0.39, 0.29) is 11.7 Å². The standard InChI is InChI=1S/C19H21IN6O3/c1-25-15-10-22-18(23-14-3-2-11(16(21)27)8-12(14)9-20)24-17(15)26(19(25)28)13-4-6-29-7-5-13/h2-3,8,10,13H,4-7,9H2,1H3,(H2,21,27)(H,22,23,24). The molecular weight excluding hydrogens is 487 g/mol. The second-order valence-corrected chi connectivity index (χ2v) is 7.72. The van der Waals surface area contributed by atoms with Gasteiger partial charge in [-0.1, -0.05) is 22.6 Å². The van der Waals surface area contributed by atoms with Crippen molar-refractivity contribution >= 4 is 51.3 Å². The van der Waals surface area contributed by atoms with Crippen LogP contribution < -0.4 is 16.7 Å². The van der Waals surface area contributed by atoms with Crippen molar-refractivity contribution in [2.45, 2.75) is 23.3 Å². The van der Waals surface area contributed by atoms with Crippen molar-refractivity contribution in [3.8, 4) is 0 Å². The SMILES string of the molecule is Cn1c(=O)n(C2CCOCC2)c2nc(Nc3ccc(C(N)=O)cc3CI)ncc21. The number of halogens is 1. The first-order valence-electron chi connectivity index (χ1n) is 9.27. The first-order chi connectivity index (χ1) is 14.0. The number of anilines is 2. The summed E-state index contributed by atoms with van der Waals surface area (Å²) in [5.74, 6) is -0.0769. The minimum atomic E-state index is -0.468. The minimum absolute atomic E-state index is 0.0578. The number of fused-ring (bicyclic) bond motifs is 1. The second-order valence-electron chi connectivity index (χ2n) is 6.95. The zero-order valence-corrected chi connectivity index (χ0v) is 18.0. The van der Waals surface area contributed by atoms with Crippen LogP contribution in [0.25, 0.3) is 11.2 Å². The summed E-state index contributed by atoms with van der Waals surface area (Å²) in [5.41, 5.74) is 8.73. The van der Waals surface area contributed by atoms with Crippen molar-refractivity contribution in [1.29, 1.82) is 0 Å². The topological polar surface area (TPSA) is 117 Å². The summed E-state index contributed by atoms with van der Waals surface area (Å²) in [6.07, 6.45) is 3.21. The third-order valence-corrected chi connectivity index (χ3v) is 5.99. The highest BCUT2D eigenvalue weighted by molar-refractivity contribution is 14.1. The molecule has 1 fully saturated rings. The molecule has 29 heavy (non-hydrogen) atoms. The number of ether oxygens (including phenoxy) is 1. The van der Waals surface area contributed by atoms with Gasteiger partial charge in [-0.05, 0) is 36.6 Å². The molecule has 3 heterocycles. The summed E-state index contributed by atoms with van der Waals surface area (Å²) in [7, 11) is 1.73. The number of alkyl halides is 1. The summed E-state index contributed by atoms with van der Waals surface area (Å²) < 4.78 is 9.44. The monoisotopic (exact) mass is 508 g/mol. The molecule has 10 heteroatoms. The first kappa shape index (κ1) is 19.8. The quantitative estimate of drug-likeness (QED) is 0.404. The van der Waals surface area contributed by atoms with E-state index in [9.17, 15) is 9.59 Å². The van der Waals surface area contributed by atoms with Crippen LogP contribution in [0.1, 0.15) is 34.8 Å². The molecule has 0 spiro atoms. The van der Waals surface area contributed by atoms with Crippen molar-refractivity contribution in [2.24, 2.45) is 12.8 Å². The van der Waals surface area contributed by atoms with E-state index in [0.29, 0.717) is 40.3 Å². The highest BCUT2D eigenvalue weighted by Crippen LogP contribution is 2.26. The molecule has 0 atom stereocenters. The van der Waals surface area contributed by atoms with Gasteiger partial charge >= 0.3 is 5.69 Å². The predicted octanol–water partition coefficient (Wildman–Crippen LogP) is 2.26. The Balaban J connectivity index is 1.74. The number of carbonyl (C=O) groups is 1. The first-order valence-corrected chi connectivity index (χ1v) is 10.8. The highest BCUT2D eigenvalue weighted by atomic mass is 127. The van der Waals surface area contributed by atoms with Crippen LogP contribution in [0, 0.1) is 0 Å². The fraction of sp³-hybridized carbons (Fsp3) is 0.368. The van der Waals surface area contributed by atoms with Crippen LogP contribution in [0.5, 0.6) is 0 Å². The number of aryl methyl sites for hydroxylation is 1. The number of rotatable bonds is 5. The second kappa shape index (κ2) is 8.11. The number of hydrogen-bond donors (Lipinski definition) is 2. The van der Waals surface area contributed by atoms with E-state index in [1.807, 2.05) is 0 Å². The van der Waals surface area contributed by atoms with Crippen LogP contribution in [-0.2, 0) is 16.2 Å². The van der Waals surface area contributed by atoms with E-state index in [4.69, 9.17) is 10.5 Å². The molecule has 1 saturated heterocycles. The average Bonchev–Trinajstić information content (AvgIpc) is 2.98. The van der Waals surface area contributed by atoms with Gasteiger partial charge in [0.05, 0.1) is 6.20 Å². The molecule has 0 saturated carbocycles. The summed E-state index contributed by atoms with van der Waals surface area (Å²) in [6, 6.07) is 5.27. The van der Waals surface area contributed by atoms with Crippen LogP contribution in [0.2, 0.25) is 0 Å². The van der Waals surface area contributed by atoms with Gasteiger partial charge in [-0.2, -0.15) is 4.98 Å². The molecule has 9 nitrogen and oxygen atoms in total. The molecule has 0 unspecified atom stereocenters. The Morgan fingerprint density at radius 3 is 2.83 bits per heavy atom. The molecule has 1 aliphatic heterocycles. The maximum atomic E-state index is 12.8. The van der Waals surface area contributed by atoms with Crippen LogP contribution in [0.3, 0.4) is 0 Å². The van der Waals surface area contributed by atoms with E-state index in [1.54, 1.807) is 40.6 Å². The third kappa shape index (κ3) is 3.73. The van der Waals surface area contributed by atoms with Crippen LogP contribution >= 0.6 is 22.6 Å². The van der Waals surface area contributed by atoms with Crippen molar-refractivity contribution in [2.75, 3.05) is 18.5 Å². The van der Waals surface area contributed by atoms with E-state index in [0.717, 1.165) is 24.1 Å². The number of imidazole rings is 1. The molecular formula is C19H21IN6O3. The van der Waals surface area contributed by atoms with Crippen molar-refractivity contribution < 1.29 is 9.53 Å². The fourth-order valence-corrected chi connectivity index (χ4v) is 4.20. The Bertz CT molecular complexity index is 1130. The highest BCUT2D eigenvalue weighted by Gasteiger charge is 2.23. The number of primary amides is 1. The molecule has 1 aromatic carbocycles. The van der Waals surface area contributed by atoms with Gasteiger partial charge in [-0.15, -0.1) is 0 Å². The number of carbonyl (C=O) groups excluding carboxylic acids is 1. The summed E-state index contributed by atoms with van der Waals surface area (Å²) in [6.45, 7) is 1.27. The molecule has 4 rings (SSSR count). The molecule has 0 radical (unpaired) electrons. The molecule has 152 valence electrons. The zero-order valence-electron chi connectivity index (χ0n) is 15.9. The number of hydrogen-bond acceptors (Lipinski definition) is 6. The van der Waals surface area contributed by atoms with Gasteiger partial charge in [0.15, 0.2) is 5.65 Å². The molecule has 2 aromatic heterocycles. The van der Waals surface area contributed by atoms with Gasteiger partial charge in [-0.25, -0.2) is 9.78 Å². The molecule has 0 bridgehead atoms.